The second kappa shape index (κ2) is 7.01. The molecule has 0 atom stereocenters. The maximum atomic E-state index is 13.8. The molecule has 1 heterocycles. The van der Waals surface area contributed by atoms with E-state index in [-0.39, 0.29) is 17.5 Å². The Morgan fingerprint density at radius 2 is 1.95 bits per heavy atom. The number of pyridine rings is 1. The molecule has 2 rings (SSSR count). The number of nitrogens with one attached hydrogen (secondary N) is 1. The molecule has 1 aromatic heterocycles. The molecule has 0 aliphatic carbocycles. The quantitative estimate of drug-likeness (QED) is 0.809. The first kappa shape index (κ1) is 16.6. The number of rotatable bonds is 7. The van der Waals surface area contributed by atoms with Gasteiger partial charge in [-0.25, -0.2) is 8.78 Å². The van der Waals surface area contributed by atoms with Gasteiger partial charge in [-0.05, 0) is 36.8 Å². The van der Waals surface area contributed by atoms with Gasteiger partial charge in [0.1, 0.15) is 11.3 Å². The molecular formula is C17H22F2N2O. The SMILES string of the molecule is CCC(CC)(CCO)CNc1ccnc2c(F)cc(F)cc12. The second-order valence-corrected chi connectivity index (χ2v) is 5.68. The van der Waals surface area contributed by atoms with Crippen molar-refractivity contribution in [1.82, 2.24) is 4.98 Å². The van der Waals surface area contributed by atoms with Crippen molar-refractivity contribution in [3.63, 3.8) is 0 Å². The molecule has 2 aromatic rings. The van der Waals surface area contributed by atoms with E-state index in [1.165, 1.54) is 12.3 Å². The maximum absolute atomic E-state index is 13.8. The van der Waals surface area contributed by atoms with Gasteiger partial charge in [0.25, 0.3) is 0 Å². The molecule has 5 heteroatoms. The van der Waals surface area contributed by atoms with Crippen LogP contribution in [0.2, 0.25) is 0 Å². The highest BCUT2D eigenvalue weighted by Gasteiger charge is 2.25. The summed E-state index contributed by atoms with van der Waals surface area (Å²) in [5.74, 6) is -1.28. The standard InChI is InChI=1S/C17H22F2N2O/c1-3-17(4-2,6-8-22)11-21-15-5-7-20-16-13(15)9-12(18)10-14(16)19/h5,7,9-10,22H,3-4,6,8,11H2,1-2H3,(H,20,21). The van der Waals surface area contributed by atoms with Gasteiger partial charge in [0, 0.05) is 36.5 Å². The third-order valence-corrected chi connectivity index (χ3v) is 4.56. The average molecular weight is 308 g/mol. The van der Waals surface area contributed by atoms with Crippen LogP contribution in [0.4, 0.5) is 14.5 Å². The number of halogens is 2. The molecule has 0 bridgehead atoms. The molecule has 0 aliphatic rings. The fraction of sp³-hybridized carbons (Fsp3) is 0.471. The molecule has 0 fully saturated rings. The number of anilines is 1. The minimum Gasteiger partial charge on any atom is -0.396 e. The van der Waals surface area contributed by atoms with Crippen LogP contribution in [-0.4, -0.2) is 23.2 Å². The molecular weight excluding hydrogens is 286 g/mol. The minimum absolute atomic E-state index is 0.0315. The van der Waals surface area contributed by atoms with Crippen LogP contribution >= 0.6 is 0 Å². The van der Waals surface area contributed by atoms with Crippen molar-refractivity contribution in [2.24, 2.45) is 5.41 Å². The molecule has 0 unspecified atom stereocenters. The van der Waals surface area contributed by atoms with Crippen molar-refractivity contribution in [3.05, 3.63) is 36.0 Å². The van der Waals surface area contributed by atoms with E-state index in [2.05, 4.69) is 24.1 Å². The van der Waals surface area contributed by atoms with Crippen molar-refractivity contribution in [1.29, 1.82) is 0 Å². The molecule has 3 nitrogen and oxygen atoms in total. The van der Waals surface area contributed by atoms with Gasteiger partial charge in [-0.2, -0.15) is 0 Å². The van der Waals surface area contributed by atoms with Crippen molar-refractivity contribution < 1.29 is 13.9 Å². The molecule has 120 valence electrons. The fourth-order valence-corrected chi connectivity index (χ4v) is 2.79. The van der Waals surface area contributed by atoms with E-state index in [4.69, 9.17) is 0 Å². The summed E-state index contributed by atoms with van der Waals surface area (Å²) in [5.41, 5.74) is 0.788. The third kappa shape index (κ3) is 3.35. The number of aliphatic hydroxyl groups excluding tert-OH is 1. The zero-order valence-corrected chi connectivity index (χ0v) is 13.0. The summed E-state index contributed by atoms with van der Waals surface area (Å²) < 4.78 is 27.3. The molecule has 1 aromatic carbocycles. The molecule has 0 aliphatic heterocycles. The zero-order chi connectivity index (χ0) is 16.2. The molecule has 0 saturated heterocycles. The summed E-state index contributed by atoms with van der Waals surface area (Å²) in [6.07, 6.45) is 4.04. The summed E-state index contributed by atoms with van der Waals surface area (Å²) in [6, 6.07) is 3.85. The monoisotopic (exact) mass is 308 g/mol. The maximum Gasteiger partial charge on any atom is 0.152 e. The molecule has 0 saturated carbocycles. The Morgan fingerprint density at radius 3 is 2.59 bits per heavy atom. The Hall–Kier alpha value is -1.75. The van der Waals surface area contributed by atoms with Crippen LogP contribution in [0.3, 0.4) is 0 Å². The summed E-state index contributed by atoms with van der Waals surface area (Å²) in [4.78, 5) is 3.98. The molecule has 0 spiro atoms. The highest BCUT2D eigenvalue weighted by atomic mass is 19.1. The Morgan fingerprint density at radius 1 is 1.23 bits per heavy atom. The van der Waals surface area contributed by atoms with Crippen LogP contribution < -0.4 is 5.32 Å². The second-order valence-electron chi connectivity index (χ2n) is 5.68. The Balaban J connectivity index is 2.32. The number of fused-ring (bicyclic) bond motifs is 1. The Bertz CT molecular complexity index is 642. The highest BCUT2D eigenvalue weighted by molar-refractivity contribution is 5.91. The predicted octanol–water partition coefficient (Wildman–Crippen LogP) is 4.11. The number of hydrogen-bond acceptors (Lipinski definition) is 3. The van der Waals surface area contributed by atoms with E-state index in [0.29, 0.717) is 24.0 Å². The molecule has 22 heavy (non-hydrogen) atoms. The van der Waals surface area contributed by atoms with Gasteiger partial charge >= 0.3 is 0 Å². The predicted molar refractivity (Wildman–Crippen MR) is 84.9 cm³/mol. The normalized spacial score (nSPS) is 11.9. The first-order valence-electron chi connectivity index (χ1n) is 7.63. The van der Waals surface area contributed by atoms with Gasteiger partial charge in [0.15, 0.2) is 5.82 Å². The topological polar surface area (TPSA) is 45.1 Å². The van der Waals surface area contributed by atoms with E-state index < -0.39 is 11.6 Å². The lowest BCUT2D eigenvalue weighted by Crippen LogP contribution is -2.29. The Labute approximate surface area is 129 Å². The van der Waals surface area contributed by atoms with Crippen LogP contribution in [0.1, 0.15) is 33.1 Å². The Kier molecular flexibility index (Phi) is 5.29. The first-order chi connectivity index (χ1) is 10.5. The van der Waals surface area contributed by atoms with E-state index in [1.807, 2.05) is 0 Å². The van der Waals surface area contributed by atoms with Crippen LogP contribution in [-0.2, 0) is 0 Å². The van der Waals surface area contributed by atoms with Crippen molar-refractivity contribution in [3.8, 4) is 0 Å². The smallest absolute Gasteiger partial charge is 0.152 e. The van der Waals surface area contributed by atoms with Gasteiger partial charge < -0.3 is 10.4 Å². The summed E-state index contributed by atoms with van der Waals surface area (Å²) in [5, 5.41) is 13.0. The van der Waals surface area contributed by atoms with E-state index in [0.717, 1.165) is 18.9 Å². The van der Waals surface area contributed by atoms with Crippen LogP contribution in [0.15, 0.2) is 24.4 Å². The van der Waals surface area contributed by atoms with Gasteiger partial charge in [0.2, 0.25) is 0 Å². The molecule has 2 N–H and O–H groups in total. The average Bonchev–Trinajstić information content (AvgIpc) is 2.51. The summed E-state index contributed by atoms with van der Waals surface area (Å²) in [6.45, 7) is 4.94. The zero-order valence-electron chi connectivity index (χ0n) is 13.0. The minimum atomic E-state index is -0.661. The van der Waals surface area contributed by atoms with Gasteiger partial charge in [-0.15, -0.1) is 0 Å². The van der Waals surface area contributed by atoms with E-state index in [1.54, 1.807) is 6.07 Å². The lowest BCUT2D eigenvalue weighted by molar-refractivity contribution is 0.179. The van der Waals surface area contributed by atoms with Gasteiger partial charge in [0.05, 0.1) is 0 Å². The largest absolute Gasteiger partial charge is 0.396 e. The van der Waals surface area contributed by atoms with Crippen LogP contribution in [0, 0.1) is 17.0 Å². The third-order valence-electron chi connectivity index (χ3n) is 4.56. The number of benzene rings is 1. The van der Waals surface area contributed by atoms with Gasteiger partial charge in [-0.3, -0.25) is 4.98 Å². The van der Waals surface area contributed by atoms with Crippen molar-refractivity contribution in [2.75, 3.05) is 18.5 Å². The lowest BCUT2D eigenvalue weighted by atomic mass is 9.79. The summed E-state index contributed by atoms with van der Waals surface area (Å²) >= 11 is 0. The van der Waals surface area contributed by atoms with Crippen LogP contribution in [0.5, 0.6) is 0 Å². The van der Waals surface area contributed by atoms with Gasteiger partial charge in [-0.1, -0.05) is 13.8 Å². The number of aliphatic hydroxyl groups is 1. The number of hydrogen-bond donors (Lipinski definition) is 2. The molecule has 0 radical (unpaired) electrons. The lowest BCUT2D eigenvalue weighted by Gasteiger charge is -2.32. The highest BCUT2D eigenvalue weighted by Crippen LogP contribution is 2.32. The first-order valence-corrected chi connectivity index (χ1v) is 7.63. The fourth-order valence-electron chi connectivity index (χ4n) is 2.79. The number of nitrogens with zero attached hydrogens (tertiary/aromatic N) is 1. The summed E-state index contributed by atoms with van der Waals surface area (Å²) in [7, 11) is 0. The number of aromatic nitrogens is 1. The van der Waals surface area contributed by atoms with E-state index in [9.17, 15) is 13.9 Å². The van der Waals surface area contributed by atoms with E-state index >= 15 is 0 Å². The van der Waals surface area contributed by atoms with Crippen molar-refractivity contribution >= 4 is 16.6 Å². The molecule has 0 amide bonds. The van der Waals surface area contributed by atoms with Crippen molar-refractivity contribution in [2.45, 2.75) is 33.1 Å². The van der Waals surface area contributed by atoms with Crippen LogP contribution in [0.25, 0.3) is 10.9 Å².